The minimum Gasteiger partial charge on any atom is -0.548 e. The number of aliphatic hydroxyl groups is 1. The third-order valence-corrected chi connectivity index (χ3v) is 4.82. The highest BCUT2D eigenvalue weighted by molar-refractivity contribution is 6.10. The molecule has 29 heavy (non-hydrogen) atoms. The van der Waals surface area contributed by atoms with Crippen molar-refractivity contribution >= 4 is 35.2 Å². The van der Waals surface area contributed by atoms with Crippen LogP contribution in [0.3, 0.4) is 0 Å². The quantitative estimate of drug-likeness (QED) is 0.466. The number of carboxylic acids is 1. The maximum Gasteiger partial charge on any atom is 0.323 e. The number of carbonyl (C=O) groups is 4. The smallest absolute Gasteiger partial charge is 0.323 e. The maximum absolute atomic E-state index is 12.9. The van der Waals surface area contributed by atoms with Crippen molar-refractivity contribution in [2.45, 2.75) is 45.4 Å². The fourth-order valence-electron chi connectivity index (χ4n) is 2.95. The Morgan fingerprint density at radius 2 is 1.86 bits per heavy atom. The second kappa shape index (κ2) is 9.37. The predicted molar refractivity (Wildman–Crippen MR) is 103 cm³/mol. The van der Waals surface area contributed by atoms with Crippen molar-refractivity contribution in [3.05, 3.63) is 24.3 Å². The first kappa shape index (κ1) is 22.2. The fraction of sp³-hybridized carbons (Fsp3) is 0.474. The SMILES string of the molecule is CC[C@H](C)[C@H](NC(=O)N1CC(=O)Nc2ccccc21)C(=O)N[C@H](C(=O)[O-])[C@H](C)O. The van der Waals surface area contributed by atoms with Crippen LogP contribution < -0.4 is 26.0 Å². The standard InChI is InChI=1S/C19H26N4O6/c1-4-10(2)15(17(26)21-16(11(3)24)18(27)28)22-19(29)23-9-14(25)20-12-7-5-6-8-13(12)23/h5-8,10-11,15-16,24H,4,9H2,1-3H3,(H,20,25)(H,21,26)(H,22,29)(H,27,28)/p-1/t10-,11-,15-,16-/m0/s1. The summed E-state index contributed by atoms with van der Waals surface area (Å²) in [5.41, 5.74) is 0.944. The van der Waals surface area contributed by atoms with Gasteiger partial charge in [0.2, 0.25) is 11.8 Å². The number of carboxylic acid groups (broad SMARTS) is 1. The molecule has 0 aromatic heterocycles. The number of anilines is 2. The molecule has 10 heteroatoms. The molecule has 0 bridgehead atoms. The van der Waals surface area contributed by atoms with Gasteiger partial charge in [-0.1, -0.05) is 32.4 Å². The number of carbonyl (C=O) groups excluding carboxylic acids is 4. The van der Waals surface area contributed by atoms with Gasteiger partial charge in [-0.05, 0) is 25.0 Å². The van der Waals surface area contributed by atoms with Gasteiger partial charge >= 0.3 is 6.03 Å². The molecular formula is C19H25N4O6-. The van der Waals surface area contributed by atoms with Crippen LogP contribution in [0.25, 0.3) is 0 Å². The average molecular weight is 405 g/mol. The average Bonchev–Trinajstić information content (AvgIpc) is 2.67. The molecular weight excluding hydrogens is 380 g/mol. The number of para-hydroxylation sites is 2. The van der Waals surface area contributed by atoms with E-state index in [0.717, 1.165) is 0 Å². The Bertz CT molecular complexity index is 797. The molecule has 1 aromatic carbocycles. The molecule has 4 N–H and O–H groups in total. The van der Waals surface area contributed by atoms with E-state index in [1.54, 1.807) is 31.2 Å². The molecule has 0 saturated carbocycles. The maximum atomic E-state index is 12.9. The van der Waals surface area contributed by atoms with Crippen molar-refractivity contribution in [2.75, 3.05) is 16.8 Å². The number of urea groups is 1. The number of aliphatic carboxylic acids is 1. The lowest BCUT2D eigenvalue weighted by Gasteiger charge is -2.33. The van der Waals surface area contributed by atoms with Crippen LogP contribution >= 0.6 is 0 Å². The van der Waals surface area contributed by atoms with Gasteiger partial charge in [-0.15, -0.1) is 0 Å². The van der Waals surface area contributed by atoms with Crippen molar-refractivity contribution in [3.63, 3.8) is 0 Å². The van der Waals surface area contributed by atoms with E-state index in [1.165, 1.54) is 11.8 Å². The van der Waals surface area contributed by atoms with Crippen molar-refractivity contribution in [3.8, 4) is 0 Å². The lowest BCUT2D eigenvalue weighted by atomic mass is 9.97. The van der Waals surface area contributed by atoms with Crippen LogP contribution in [0.2, 0.25) is 0 Å². The third-order valence-electron chi connectivity index (χ3n) is 4.82. The molecule has 2 rings (SSSR count). The number of rotatable bonds is 7. The molecule has 0 fully saturated rings. The van der Waals surface area contributed by atoms with Gasteiger partial charge in [0, 0.05) is 0 Å². The van der Waals surface area contributed by atoms with E-state index in [4.69, 9.17) is 0 Å². The molecule has 1 aliphatic heterocycles. The first-order valence-electron chi connectivity index (χ1n) is 9.31. The minimum absolute atomic E-state index is 0.229. The van der Waals surface area contributed by atoms with E-state index in [2.05, 4.69) is 16.0 Å². The van der Waals surface area contributed by atoms with E-state index in [9.17, 15) is 29.4 Å². The molecule has 4 amide bonds. The van der Waals surface area contributed by atoms with E-state index in [1.807, 2.05) is 6.92 Å². The topological polar surface area (TPSA) is 151 Å². The third kappa shape index (κ3) is 5.23. The summed E-state index contributed by atoms with van der Waals surface area (Å²) in [5.74, 6) is -3.12. The fourth-order valence-corrected chi connectivity index (χ4v) is 2.95. The van der Waals surface area contributed by atoms with Crippen LogP contribution in [0.5, 0.6) is 0 Å². The van der Waals surface area contributed by atoms with Gasteiger partial charge in [-0.25, -0.2) is 4.79 Å². The number of benzene rings is 1. The summed E-state index contributed by atoms with van der Waals surface area (Å²) in [7, 11) is 0. The van der Waals surface area contributed by atoms with Crippen molar-refractivity contribution in [1.82, 2.24) is 10.6 Å². The summed E-state index contributed by atoms with van der Waals surface area (Å²) in [5, 5.41) is 28.2. The van der Waals surface area contributed by atoms with E-state index in [0.29, 0.717) is 17.8 Å². The van der Waals surface area contributed by atoms with E-state index in [-0.39, 0.29) is 18.4 Å². The minimum atomic E-state index is -1.63. The highest BCUT2D eigenvalue weighted by Gasteiger charge is 2.33. The summed E-state index contributed by atoms with van der Waals surface area (Å²) in [6, 6.07) is 3.37. The van der Waals surface area contributed by atoms with E-state index >= 15 is 0 Å². The van der Waals surface area contributed by atoms with Crippen molar-refractivity contribution < 1.29 is 29.4 Å². The monoisotopic (exact) mass is 405 g/mol. The molecule has 1 aliphatic rings. The second-order valence-electron chi connectivity index (χ2n) is 7.01. The zero-order chi connectivity index (χ0) is 21.7. The van der Waals surface area contributed by atoms with Gasteiger partial charge in [-0.3, -0.25) is 14.5 Å². The Kier molecular flexibility index (Phi) is 7.16. The molecule has 10 nitrogen and oxygen atoms in total. The number of hydrogen-bond donors (Lipinski definition) is 4. The molecule has 1 aromatic rings. The van der Waals surface area contributed by atoms with Crippen molar-refractivity contribution in [2.24, 2.45) is 5.92 Å². The van der Waals surface area contributed by atoms with E-state index < -0.39 is 36.1 Å². The molecule has 0 radical (unpaired) electrons. The Morgan fingerprint density at radius 1 is 1.21 bits per heavy atom. The van der Waals surface area contributed by atoms with Crippen LogP contribution in [0.1, 0.15) is 27.2 Å². The Balaban J connectivity index is 2.22. The normalized spacial score (nSPS) is 17.2. The number of nitrogens with zero attached hydrogens (tertiary/aromatic N) is 1. The Morgan fingerprint density at radius 3 is 2.45 bits per heavy atom. The molecule has 158 valence electrons. The van der Waals surface area contributed by atoms with Crippen molar-refractivity contribution in [1.29, 1.82) is 0 Å². The highest BCUT2D eigenvalue weighted by Crippen LogP contribution is 2.29. The zero-order valence-electron chi connectivity index (χ0n) is 16.5. The summed E-state index contributed by atoms with van der Waals surface area (Å²) in [6.07, 6.45) is -0.866. The second-order valence-corrected chi connectivity index (χ2v) is 7.01. The number of hydrogen-bond acceptors (Lipinski definition) is 6. The summed E-state index contributed by atoms with van der Waals surface area (Å²) < 4.78 is 0. The molecule has 1 heterocycles. The first-order valence-corrected chi connectivity index (χ1v) is 9.31. The number of amides is 4. The van der Waals surface area contributed by atoms with Gasteiger partial charge in [0.15, 0.2) is 0 Å². The Hall–Kier alpha value is -3.14. The lowest BCUT2D eigenvalue weighted by molar-refractivity contribution is -0.310. The molecule has 0 spiro atoms. The van der Waals surface area contributed by atoms with Gasteiger partial charge in [0.25, 0.3) is 0 Å². The summed E-state index contributed by atoms with van der Waals surface area (Å²) in [4.78, 5) is 49.8. The summed E-state index contributed by atoms with van der Waals surface area (Å²) >= 11 is 0. The first-order chi connectivity index (χ1) is 13.6. The zero-order valence-corrected chi connectivity index (χ0v) is 16.5. The van der Waals surface area contributed by atoms with Gasteiger partial charge in [0.1, 0.15) is 12.6 Å². The van der Waals surface area contributed by atoms with Gasteiger partial charge < -0.3 is 31.0 Å². The van der Waals surface area contributed by atoms with Crippen LogP contribution in [0, 0.1) is 5.92 Å². The van der Waals surface area contributed by atoms with Crippen LogP contribution in [0.15, 0.2) is 24.3 Å². The number of fused-ring (bicyclic) bond motifs is 1. The lowest BCUT2D eigenvalue weighted by Crippen LogP contribution is -2.60. The van der Waals surface area contributed by atoms with Crippen LogP contribution in [-0.4, -0.2) is 53.7 Å². The summed E-state index contributed by atoms with van der Waals surface area (Å²) in [6.45, 7) is 4.51. The largest absolute Gasteiger partial charge is 0.548 e. The molecule has 0 aliphatic carbocycles. The molecule has 4 atom stereocenters. The Labute approximate surface area is 168 Å². The van der Waals surface area contributed by atoms with Crippen LogP contribution in [-0.2, 0) is 14.4 Å². The van der Waals surface area contributed by atoms with Crippen LogP contribution in [0.4, 0.5) is 16.2 Å². The number of nitrogens with one attached hydrogen (secondary N) is 3. The van der Waals surface area contributed by atoms with Gasteiger partial charge in [-0.2, -0.15) is 0 Å². The molecule has 0 unspecified atom stereocenters. The highest BCUT2D eigenvalue weighted by atomic mass is 16.4. The predicted octanol–water partition coefficient (Wildman–Crippen LogP) is -0.815. The number of aliphatic hydroxyl groups excluding tert-OH is 1. The molecule has 0 saturated heterocycles. The van der Waals surface area contributed by atoms with Gasteiger partial charge in [0.05, 0.1) is 29.5 Å².